The van der Waals surface area contributed by atoms with E-state index in [0.717, 1.165) is 56.9 Å². The van der Waals surface area contributed by atoms with E-state index in [1.165, 1.54) is 0 Å². The number of carbonyl (C=O) groups excluding carboxylic acids is 1. The van der Waals surface area contributed by atoms with E-state index in [9.17, 15) is 4.79 Å². The fourth-order valence-electron chi connectivity index (χ4n) is 4.38. The maximum absolute atomic E-state index is 13.3. The summed E-state index contributed by atoms with van der Waals surface area (Å²) >= 11 is 1.67. The van der Waals surface area contributed by atoms with Gasteiger partial charge in [0.05, 0.1) is 28.1 Å². The summed E-state index contributed by atoms with van der Waals surface area (Å²) in [6.07, 6.45) is 9.70. The molecule has 0 atom stereocenters. The fourth-order valence-corrected chi connectivity index (χ4v) is 5.14. The number of benzene rings is 2. The minimum absolute atomic E-state index is 0.0787. The van der Waals surface area contributed by atoms with Gasteiger partial charge in [-0.1, -0.05) is 12.1 Å². The summed E-state index contributed by atoms with van der Waals surface area (Å²) in [7, 11) is 3.67. The molecule has 1 aliphatic heterocycles. The van der Waals surface area contributed by atoms with Crippen LogP contribution in [0.25, 0.3) is 21.3 Å². The number of hydrogen-bond donors (Lipinski definition) is 1. The molecule has 1 aliphatic carbocycles. The van der Waals surface area contributed by atoms with Crippen molar-refractivity contribution in [2.45, 2.75) is 32.2 Å². The Hall–Kier alpha value is -3.71. The SMILES string of the molecule is CN1C=CC1.COc1ccc(C)c(C(=O)NC2(c3cc(-c4cnc(C)s4)cc4ncccc34)CC2)c1. The van der Waals surface area contributed by atoms with Gasteiger partial charge in [0.15, 0.2) is 0 Å². The summed E-state index contributed by atoms with van der Waals surface area (Å²) in [4.78, 5) is 25.5. The van der Waals surface area contributed by atoms with E-state index in [2.05, 4.69) is 57.7 Å². The molecule has 3 heterocycles. The number of ether oxygens (including phenoxy) is 1. The molecule has 184 valence electrons. The number of amides is 1. The lowest BCUT2D eigenvalue weighted by molar-refractivity contribution is 0.0930. The van der Waals surface area contributed by atoms with Crippen LogP contribution in [0, 0.1) is 13.8 Å². The molecular formula is C29H30N4O2S. The summed E-state index contributed by atoms with van der Waals surface area (Å²) in [5.74, 6) is 0.600. The molecule has 4 aromatic rings. The normalized spacial score (nSPS) is 15.1. The number of nitrogens with one attached hydrogen (secondary N) is 1. The van der Waals surface area contributed by atoms with E-state index in [-0.39, 0.29) is 11.4 Å². The van der Waals surface area contributed by atoms with Gasteiger partial charge in [0.25, 0.3) is 5.91 Å². The molecule has 2 aliphatic rings. The third-order valence-electron chi connectivity index (χ3n) is 6.69. The third-order valence-corrected chi connectivity index (χ3v) is 7.65. The molecule has 6 rings (SSSR count). The van der Waals surface area contributed by atoms with Gasteiger partial charge < -0.3 is 15.0 Å². The second kappa shape index (κ2) is 9.74. The molecule has 36 heavy (non-hydrogen) atoms. The monoisotopic (exact) mass is 498 g/mol. The van der Waals surface area contributed by atoms with E-state index in [1.807, 2.05) is 44.4 Å². The van der Waals surface area contributed by atoms with E-state index >= 15 is 0 Å². The first-order chi connectivity index (χ1) is 17.4. The minimum Gasteiger partial charge on any atom is -0.497 e. The van der Waals surface area contributed by atoms with Crippen molar-refractivity contribution in [2.75, 3.05) is 20.7 Å². The molecule has 2 aromatic carbocycles. The Balaban J connectivity index is 0.000000477. The number of nitrogens with zero attached hydrogens (tertiary/aromatic N) is 3. The maximum atomic E-state index is 13.3. The zero-order chi connectivity index (χ0) is 25.3. The van der Waals surface area contributed by atoms with Gasteiger partial charge in [0.2, 0.25) is 0 Å². The van der Waals surface area contributed by atoms with E-state index in [4.69, 9.17) is 4.74 Å². The zero-order valence-corrected chi connectivity index (χ0v) is 21.9. The number of aryl methyl sites for hydroxylation is 2. The molecule has 2 aromatic heterocycles. The summed E-state index contributed by atoms with van der Waals surface area (Å²) in [6.45, 7) is 5.09. The molecule has 0 unspecified atom stereocenters. The summed E-state index contributed by atoms with van der Waals surface area (Å²) in [5, 5.41) is 5.44. The number of rotatable bonds is 5. The Morgan fingerprint density at radius 1 is 1.14 bits per heavy atom. The lowest BCUT2D eigenvalue weighted by atomic mass is 9.95. The predicted octanol–water partition coefficient (Wildman–Crippen LogP) is 5.85. The highest BCUT2D eigenvalue weighted by molar-refractivity contribution is 7.15. The van der Waals surface area contributed by atoms with Gasteiger partial charge in [-0.05, 0) is 86.0 Å². The standard InChI is InChI=1S/C25H23N3O2S.C4H7N/c1-15-6-7-18(30-3)13-20(15)24(29)28-25(8-9-25)21-11-17(23-14-27-16(2)31-23)12-22-19(21)5-4-10-26-22;1-5-3-2-4-5/h4-7,10-14H,8-9H2,1-3H3,(H,28,29);2-3H,4H2,1H3. The summed E-state index contributed by atoms with van der Waals surface area (Å²) in [6, 6.07) is 13.9. The van der Waals surface area contributed by atoms with Crippen molar-refractivity contribution < 1.29 is 9.53 Å². The van der Waals surface area contributed by atoms with Crippen LogP contribution in [0.1, 0.15) is 39.3 Å². The van der Waals surface area contributed by atoms with Crippen LogP contribution >= 0.6 is 11.3 Å². The number of aromatic nitrogens is 2. The molecule has 1 amide bonds. The zero-order valence-electron chi connectivity index (χ0n) is 21.0. The quantitative estimate of drug-likeness (QED) is 0.374. The van der Waals surface area contributed by atoms with Crippen molar-refractivity contribution in [3.05, 3.63) is 88.8 Å². The molecule has 1 N–H and O–H groups in total. The smallest absolute Gasteiger partial charge is 0.252 e. The van der Waals surface area contributed by atoms with Crippen LogP contribution in [-0.4, -0.2) is 41.5 Å². The van der Waals surface area contributed by atoms with Gasteiger partial charge >= 0.3 is 0 Å². The number of methoxy groups -OCH3 is 1. The first kappa shape index (κ1) is 24.0. The first-order valence-electron chi connectivity index (χ1n) is 12.0. The van der Waals surface area contributed by atoms with Crippen LogP contribution < -0.4 is 10.1 Å². The Bertz CT molecular complexity index is 1450. The van der Waals surface area contributed by atoms with E-state index < -0.39 is 0 Å². The highest BCUT2D eigenvalue weighted by Gasteiger charge is 2.47. The van der Waals surface area contributed by atoms with Crippen LogP contribution in [0.15, 0.2) is 67.1 Å². The van der Waals surface area contributed by atoms with Crippen LogP contribution in [0.3, 0.4) is 0 Å². The summed E-state index contributed by atoms with van der Waals surface area (Å²) < 4.78 is 5.32. The van der Waals surface area contributed by atoms with Crippen LogP contribution in [0.5, 0.6) is 5.75 Å². The molecular weight excluding hydrogens is 468 g/mol. The number of carbonyl (C=O) groups is 1. The molecule has 0 spiro atoms. The maximum Gasteiger partial charge on any atom is 0.252 e. The van der Waals surface area contributed by atoms with Gasteiger partial charge in [-0.2, -0.15) is 0 Å². The number of likely N-dealkylation sites (N-methyl/N-ethyl adjacent to an activating group) is 1. The van der Waals surface area contributed by atoms with Gasteiger partial charge in [-0.25, -0.2) is 4.98 Å². The third kappa shape index (κ3) is 4.84. The molecule has 0 saturated heterocycles. The van der Waals surface area contributed by atoms with Gasteiger partial charge in [0, 0.05) is 36.9 Å². The van der Waals surface area contributed by atoms with Crippen molar-refractivity contribution >= 4 is 28.1 Å². The van der Waals surface area contributed by atoms with E-state index in [0.29, 0.717) is 11.3 Å². The van der Waals surface area contributed by atoms with Crippen LogP contribution in [-0.2, 0) is 5.54 Å². The van der Waals surface area contributed by atoms with Crippen molar-refractivity contribution in [2.24, 2.45) is 0 Å². The van der Waals surface area contributed by atoms with Gasteiger partial charge in [-0.3, -0.25) is 9.78 Å². The number of thiazole rings is 1. The highest BCUT2D eigenvalue weighted by Crippen LogP contribution is 2.49. The Labute approximate surface area is 215 Å². The molecule has 6 nitrogen and oxygen atoms in total. The summed E-state index contributed by atoms with van der Waals surface area (Å²) in [5.41, 5.74) is 4.32. The van der Waals surface area contributed by atoms with Crippen molar-refractivity contribution in [3.63, 3.8) is 0 Å². The van der Waals surface area contributed by atoms with Gasteiger partial charge in [0.1, 0.15) is 5.75 Å². The molecule has 0 bridgehead atoms. The highest BCUT2D eigenvalue weighted by atomic mass is 32.1. The average molecular weight is 499 g/mol. The minimum atomic E-state index is -0.385. The van der Waals surface area contributed by atoms with Crippen molar-refractivity contribution in [3.8, 4) is 16.2 Å². The lowest BCUT2D eigenvalue weighted by Gasteiger charge is -2.21. The number of fused-ring (bicyclic) bond motifs is 1. The molecule has 1 fully saturated rings. The molecule has 1 saturated carbocycles. The Morgan fingerprint density at radius 3 is 2.53 bits per heavy atom. The van der Waals surface area contributed by atoms with Crippen LogP contribution in [0.4, 0.5) is 0 Å². The predicted molar refractivity (Wildman–Crippen MR) is 145 cm³/mol. The van der Waals surface area contributed by atoms with E-state index in [1.54, 1.807) is 24.5 Å². The Kier molecular flexibility index (Phi) is 6.49. The lowest BCUT2D eigenvalue weighted by Crippen LogP contribution is -2.35. The van der Waals surface area contributed by atoms with Gasteiger partial charge in [-0.15, -0.1) is 11.3 Å². The fraction of sp³-hybridized carbons (Fsp3) is 0.276. The first-order valence-corrected chi connectivity index (χ1v) is 12.9. The van der Waals surface area contributed by atoms with Crippen molar-refractivity contribution in [1.29, 1.82) is 0 Å². The van der Waals surface area contributed by atoms with Crippen LogP contribution in [0.2, 0.25) is 0 Å². The Morgan fingerprint density at radius 2 is 1.92 bits per heavy atom. The number of hydrogen-bond acceptors (Lipinski definition) is 6. The topological polar surface area (TPSA) is 67.3 Å². The second-order valence-corrected chi connectivity index (χ2v) is 10.6. The van der Waals surface area contributed by atoms with Crippen molar-refractivity contribution in [1.82, 2.24) is 20.2 Å². The second-order valence-electron chi connectivity index (χ2n) is 9.38. The number of pyridine rings is 1. The molecule has 7 heteroatoms. The molecule has 0 radical (unpaired) electrons. The largest absolute Gasteiger partial charge is 0.497 e. The average Bonchev–Trinajstić information content (AvgIpc) is 3.52.